The summed E-state index contributed by atoms with van der Waals surface area (Å²) >= 11 is 0. The Balaban J connectivity index is 0.000000179. The molecule has 2 aliphatic carbocycles. The average molecular weight is 615 g/mol. The van der Waals surface area contributed by atoms with Gasteiger partial charge in [-0.15, -0.1) is 0 Å². The van der Waals surface area contributed by atoms with E-state index < -0.39 is 28.8 Å². The maximum atomic E-state index is 12.9. The van der Waals surface area contributed by atoms with Crippen LogP contribution in [0, 0.1) is 13.8 Å². The summed E-state index contributed by atoms with van der Waals surface area (Å²) in [7, 11) is 3.78. The third-order valence-electron chi connectivity index (χ3n) is 7.67. The van der Waals surface area contributed by atoms with E-state index in [4.69, 9.17) is 14.2 Å². The highest BCUT2D eigenvalue weighted by molar-refractivity contribution is 6.31. The number of methoxy groups -OCH3 is 3. The van der Waals surface area contributed by atoms with Gasteiger partial charge in [-0.25, -0.2) is 0 Å². The number of hydrogen-bond donors (Lipinski definition) is 5. The Morgan fingerprint density at radius 1 is 0.467 bits per heavy atom. The molecule has 5 N–H and O–H groups in total. The molecule has 0 radical (unpaired) electrons. The molecule has 0 heterocycles. The van der Waals surface area contributed by atoms with Gasteiger partial charge in [0, 0.05) is 22.3 Å². The van der Waals surface area contributed by atoms with E-state index in [9.17, 15) is 44.7 Å². The minimum atomic E-state index is -0.706. The van der Waals surface area contributed by atoms with Crippen molar-refractivity contribution < 1.29 is 58.9 Å². The molecule has 0 unspecified atom stereocenters. The van der Waals surface area contributed by atoms with Crippen LogP contribution in [0.1, 0.15) is 74.8 Å². The average Bonchev–Trinajstić information content (AvgIpc) is 3.00. The van der Waals surface area contributed by atoms with Gasteiger partial charge in [-0.2, -0.15) is 0 Å². The molecule has 4 aromatic carbocycles. The molecule has 12 nitrogen and oxygen atoms in total. The Morgan fingerprint density at radius 3 is 1.40 bits per heavy atom. The van der Waals surface area contributed by atoms with E-state index >= 15 is 0 Å². The zero-order valence-corrected chi connectivity index (χ0v) is 24.6. The molecular weight excluding hydrogens is 588 g/mol. The van der Waals surface area contributed by atoms with E-state index in [2.05, 4.69) is 0 Å². The first kappa shape index (κ1) is 30.4. The van der Waals surface area contributed by atoms with Crippen LogP contribution in [0.5, 0.6) is 46.0 Å². The summed E-state index contributed by atoms with van der Waals surface area (Å²) in [6.45, 7) is 3.18. The summed E-state index contributed by atoms with van der Waals surface area (Å²) in [6, 6.07) is 8.25. The minimum absolute atomic E-state index is 0.0143. The smallest absolute Gasteiger partial charge is 0.203 e. The van der Waals surface area contributed by atoms with Crippen molar-refractivity contribution in [1.82, 2.24) is 0 Å². The SMILES string of the molecule is COc1c(O)c(C)cc2c1C(=O)c1c(O)cccc1C2=O.COc1c(O)cc2c(c1O)C(=O)c1c(cc(C)c(O)c1OC)C2=O. The number of phenolic OH excluding ortho intramolecular Hbond substituents is 5. The molecule has 12 heteroatoms. The van der Waals surface area contributed by atoms with Crippen LogP contribution < -0.4 is 14.2 Å². The second kappa shape index (κ2) is 10.9. The summed E-state index contributed by atoms with van der Waals surface area (Å²) < 4.78 is 15.1. The minimum Gasteiger partial charge on any atom is -0.507 e. The third-order valence-corrected chi connectivity index (χ3v) is 7.67. The fourth-order valence-electron chi connectivity index (χ4n) is 5.52. The van der Waals surface area contributed by atoms with Crippen molar-refractivity contribution in [2.45, 2.75) is 13.8 Å². The third kappa shape index (κ3) is 4.37. The van der Waals surface area contributed by atoms with Crippen molar-refractivity contribution in [3.05, 3.63) is 92.0 Å². The van der Waals surface area contributed by atoms with Crippen LogP contribution in [0.3, 0.4) is 0 Å². The summed E-state index contributed by atoms with van der Waals surface area (Å²) in [5.74, 6) is -4.50. The van der Waals surface area contributed by atoms with Crippen LogP contribution in [0.25, 0.3) is 0 Å². The van der Waals surface area contributed by atoms with Gasteiger partial charge in [-0.3, -0.25) is 19.2 Å². The molecule has 0 saturated heterocycles. The van der Waals surface area contributed by atoms with E-state index in [-0.39, 0.29) is 84.8 Å². The lowest BCUT2D eigenvalue weighted by molar-refractivity contribution is 0.0972. The van der Waals surface area contributed by atoms with Crippen LogP contribution in [-0.2, 0) is 0 Å². The molecule has 0 bridgehead atoms. The Morgan fingerprint density at radius 2 is 0.911 bits per heavy atom. The summed E-state index contributed by atoms with van der Waals surface area (Å²) in [6.07, 6.45) is 0. The van der Waals surface area contributed by atoms with Gasteiger partial charge in [0.25, 0.3) is 0 Å². The maximum absolute atomic E-state index is 12.9. The second-order valence-electron chi connectivity index (χ2n) is 10.2. The van der Waals surface area contributed by atoms with Crippen molar-refractivity contribution in [1.29, 1.82) is 0 Å². The fraction of sp³-hybridized carbons (Fsp3) is 0.152. The zero-order chi connectivity index (χ0) is 33.1. The molecule has 45 heavy (non-hydrogen) atoms. The van der Waals surface area contributed by atoms with Gasteiger partial charge in [0.05, 0.1) is 43.6 Å². The van der Waals surface area contributed by atoms with Gasteiger partial charge in [0.15, 0.2) is 46.1 Å². The van der Waals surface area contributed by atoms with Crippen molar-refractivity contribution in [3.8, 4) is 46.0 Å². The van der Waals surface area contributed by atoms with Gasteiger partial charge < -0.3 is 39.7 Å². The Hall–Kier alpha value is -6.04. The molecule has 0 aromatic heterocycles. The van der Waals surface area contributed by atoms with E-state index in [1.54, 1.807) is 13.8 Å². The van der Waals surface area contributed by atoms with Gasteiger partial charge in [0.2, 0.25) is 17.3 Å². The van der Waals surface area contributed by atoms with Crippen molar-refractivity contribution >= 4 is 23.1 Å². The lowest BCUT2D eigenvalue weighted by Crippen LogP contribution is -2.22. The monoisotopic (exact) mass is 614 g/mol. The fourth-order valence-corrected chi connectivity index (χ4v) is 5.52. The number of ether oxygens (including phenoxy) is 3. The zero-order valence-electron chi connectivity index (χ0n) is 24.6. The summed E-state index contributed by atoms with van der Waals surface area (Å²) in [5, 5.41) is 50.2. The topological polar surface area (TPSA) is 197 Å². The van der Waals surface area contributed by atoms with Gasteiger partial charge >= 0.3 is 0 Å². The number of phenols is 5. The summed E-state index contributed by atoms with van der Waals surface area (Å²) in [5.41, 5.74) is 0.498. The van der Waals surface area contributed by atoms with Crippen LogP contribution in [0.2, 0.25) is 0 Å². The molecule has 0 atom stereocenters. The highest BCUT2D eigenvalue weighted by Crippen LogP contribution is 2.48. The highest BCUT2D eigenvalue weighted by atomic mass is 16.5. The normalized spacial score (nSPS) is 12.7. The van der Waals surface area contributed by atoms with Gasteiger partial charge in [0.1, 0.15) is 5.75 Å². The number of fused-ring (bicyclic) bond motifs is 4. The molecule has 0 spiro atoms. The van der Waals surface area contributed by atoms with E-state index in [1.165, 1.54) is 51.7 Å². The Labute approximate surface area is 255 Å². The molecule has 0 amide bonds. The Bertz CT molecular complexity index is 2000. The van der Waals surface area contributed by atoms with Crippen LogP contribution in [-0.4, -0.2) is 70.0 Å². The first-order chi connectivity index (χ1) is 21.3. The van der Waals surface area contributed by atoms with E-state index in [0.29, 0.717) is 11.1 Å². The summed E-state index contributed by atoms with van der Waals surface area (Å²) in [4.78, 5) is 50.7. The number of aromatic hydroxyl groups is 5. The number of carbonyl (C=O) groups excluding carboxylic acids is 4. The maximum Gasteiger partial charge on any atom is 0.203 e. The largest absolute Gasteiger partial charge is 0.507 e. The molecule has 0 saturated carbocycles. The first-order valence-electron chi connectivity index (χ1n) is 13.2. The molecule has 4 aromatic rings. The van der Waals surface area contributed by atoms with Crippen molar-refractivity contribution in [3.63, 3.8) is 0 Å². The van der Waals surface area contributed by atoms with Crippen LogP contribution in [0.4, 0.5) is 0 Å². The Kier molecular flexibility index (Phi) is 7.37. The number of rotatable bonds is 3. The molecule has 2 aliphatic rings. The molecule has 230 valence electrons. The number of benzene rings is 4. The number of ketones is 4. The van der Waals surface area contributed by atoms with Gasteiger partial charge in [-0.1, -0.05) is 12.1 Å². The van der Waals surface area contributed by atoms with Gasteiger partial charge in [-0.05, 0) is 49.2 Å². The first-order valence-corrected chi connectivity index (χ1v) is 13.2. The number of aryl methyl sites for hydroxylation is 2. The highest BCUT2D eigenvalue weighted by Gasteiger charge is 2.39. The number of carbonyl (C=O) groups is 4. The predicted molar refractivity (Wildman–Crippen MR) is 157 cm³/mol. The quantitative estimate of drug-likeness (QED) is 0.192. The van der Waals surface area contributed by atoms with Crippen molar-refractivity contribution in [2.75, 3.05) is 21.3 Å². The molecule has 6 rings (SSSR count). The second-order valence-corrected chi connectivity index (χ2v) is 10.2. The predicted octanol–water partition coefficient (Wildman–Crippen LogP) is 4.09. The standard InChI is InChI=1S/C17H14O7.C16H12O5/c1-6-4-7-11(17(24-3)12(6)19)14(21)10-8(13(7)20)5-9(18)16(23-2)15(10)22;1-7-6-9-12(16(21-2)13(7)18)15(20)11-8(14(9)19)4-3-5-10(11)17/h4-5,18-19,22H,1-3H3;3-6,17-18H,1-2H3. The molecule has 0 fully saturated rings. The van der Waals surface area contributed by atoms with E-state index in [0.717, 1.165) is 6.07 Å². The van der Waals surface area contributed by atoms with Crippen LogP contribution in [0.15, 0.2) is 36.4 Å². The van der Waals surface area contributed by atoms with E-state index in [1.807, 2.05) is 0 Å². The van der Waals surface area contributed by atoms with Crippen molar-refractivity contribution in [2.24, 2.45) is 0 Å². The number of hydrogen-bond acceptors (Lipinski definition) is 12. The molecular formula is C33H26O12. The lowest BCUT2D eigenvalue weighted by Gasteiger charge is -2.23. The molecule has 0 aliphatic heterocycles. The lowest BCUT2D eigenvalue weighted by atomic mass is 9.81. The van der Waals surface area contributed by atoms with Crippen LogP contribution >= 0.6 is 0 Å².